The fourth-order valence-corrected chi connectivity index (χ4v) is 2.15. The van der Waals surface area contributed by atoms with Crippen LogP contribution in [0.4, 0.5) is 0 Å². The van der Waals surface area contributed by atoms with E-state index in [0.29, 0.717) is 0 Å². The van der Waals surface area contributed by atoms with Crippen LogP contribution >= 0.6 is 11.3 Å². The molecular weight excluding hydrogens is 176 g/mol. The first-order valence-electron chi connectivity index (χ1n) is 5.38. The minimum absolute atomic E-state index is 1.26. The number of hydrogen-bond acceptors (Lipinski definition) is 1. The van der Waals surface area contributed by atoms with Crippen molar-refractivity contribution in [2.75, 3.05) is 0 Å². The second-order valence-electron chi connectivity index (χ2n) is 3.54. The molecule has 0 aliphatic rings. The maximum absolute atomic E-state index is 3.13. The average Bonchev–Trinajstić information content (AvgIpc) is 2.63. The molecule has 0 bridgehead atoms. The minimum Gasteiger partial charge on any atom is -0.139 e. The Morgan fingerprint density at radius 3 is 2.62 bits per heavy atom. The quantitative estimate of drug-likeness (QED) is 0.564. The van der Waals surface area contributed by atoms with E-state index in [1.807, 2.05) is 6.07 Å². The van der Waals surface area contributed by atoms with Gasteiger partial charge in [-0.15, -0.1) is 11.3 Å². The van der Waals surface area contributed by atoms with Crippen molar-refractivity contribution in [3.8, 4) is 0 Å². The Morgan fingerprint density at radius 1 is 1.15 bits per heavy atom. The largest absolute Gasteiger partial charge is 0.139 e. The molecule has 0 aliphatic carbocycles. The molecule has 1 radical (unpaired) electrons. The third-order valence-electron chi connectivity index (χ3n) is 2.30. The first-order chi connectivity index (χ1) is 6.43. The van der Waals surface area contributed by atoms with Gasteiger partial charge in [0, 0.05) is 10.3 Å². The molecule has 1 aromatic rings. The number of aryl methyl sites for hydroxylation is 1. The van der Waals surface area contributed by atoms with Gasteiger partial charge < -0.3 is 0 Å². The van der Waals surface area contributed by atoms with E-state index >= 15 is 0 Å². The lowest BCUT2D eigenvalue weighted by molar-refractivity contribution is 0.609. The molecule has 0 aliphatic heterocycles. The normalized spacial score (nSPS) is 10.5. The van der Waals surface area contributed by atoms with Crippen LogP contribution in [0, 0.1) is 5.38 Å². The van der Waals surface area contributed by atoms with Crippen LogP contribution in [0.15, 0.2) is 12.1 Å². The molecule has 13 heavy (non-hydrogen) atoms. The summed E-state index contributed by atoms with van der Waals surface area (Å²) in [7, 11) is 0. The summed E-state index contributed by atoms with van der Waals surface area (Å²) in [6, 6.07) is 4.22. The highest BCUT2D eigenvalue weighted by Gasteiger charge is 1.94. The molecule has 0 atom stereocenters. The summed E-state index contributed by atoms with van der Waals surface area (Å²) in [5.41, 5.74) is 0. The SMILES string of the molecule is CCCCCCCCc1cc[c]s1. The van der Waals surface area contributed by atoms with Crippen molar-refractivity contribution in [3.63, 3.8) is 0 Å². The Bertz CT molecular complexity index is 189. The van der Waals surface area contributed by atoms with Crippen LogP contribution in [0.25, 0.3) is 0 Å². The van der Waals surface area contributed by atoms with Crippen LogP contribution in [-0.4, -0.2) is 0 Å². The first-order valence-corrected chi connectivity index (χ1v) is 6.20. The van der Waals surface area contributed by atoms with Crippen LogP contribution in [0.1, 0.15) is 50.3 Å². The van der Waals surface area contributed by atoms with Crippen molar-refractivity contribution >= 4 is 11.3 Å². The Hall–Kier alpha value is -0.300. The lowest BCUT2D eigenvalue weighted by Gasteiger charge is -1.98. The van der Waals surface area contributed by atoms with E-state index in [1.165, 1.54) is 49.8 Å². The Morgan fingerprint density at radius 2 is 1.92 bits per heavy atom. The third kappa shape index (κ3) is 5.09. The smallest absolute Gasteiger partial charge is 0.0445 e. The highest BCUT2D eigenvalue weighted by atomic mass is 32.1. The highest BCUT2D eigenvalue weighted by Crippen LogP contribution is 2.13. The van der Waals surface area contributed by atoms with E-state index in [4.69, 9.17) is 0 Å². The van der Waals surface area contributed by atoms with Crippen LogP contribution in [0.2, 0.25) is 0 Å². The average molecular weight is 195 g/mol. The van der Waals surface area contributed by atoms with Crippen LogP contribution < -0.4 is 0 Å². The van der Waals surface area contributed by atoms with Gasteiger partial charge in [-0.3, -0.25) is 0 Å². The van der Waals surface area contributed by atoms with Crippen LogP contribution in [0.5, 0.6) is 0 Å². The zero-order valence-corrected chi connectivity index (χ0v) is 9.33. The number of thiophene rings is 1. The van der Waals surface area contributed by atoms with Gasteiger partial charge in [0.1, 0.15) is 0 Å². The summed E-state index contributed by atoms with van der Waals surface area (Å²) in [6.07, 6.45) is 9.62. The van der Waals surface area contributed by atoms with Gasteiger partial charge in [0.15, 0.2) is 0 Å². The van der Waals surface area contributed by atoms with Crippen LogP contribution in [0.3, 0.4) is 0 Å². The van der Waals surface area contributed by atoms with Gasteiger partial charge in [0.05, 0.1) is 0 Å². The van der Waals surface area contributed by atoms with E-state index in [-0.39, 0.29) is 0 Å². The first kappa shape index (κ1) is 10.8. The lowest BCUT2D eigenvalue weighted by atomic mass is 10.1. The molecule has 73 valence electrons. The molecule has 1 heterocycles. The van der Waals surface area contributed by atoms with Crippen molar-refractivity contribution in [1.82, 2.24) is 0 Å². The summed E-state index contributed by atoms with van der Waals surface area (Å²) in [4.78, 5) is 1.50. The Kier molecular flexibility index (Phi) is 5.92. The van der Waals surface area contributed by atoms with Crippen molar-refractivity contribution in [3.05, 3.63) is 22.4 Å². The molecule has 0 spiro atoms. The Balaban J connectivity index is 1.90. The highest BCUT2D eigenvalue weighted by molar-refractivity contribution is 7.09. The fraction of sp³-hybridized carbons (Fsp3) is 0.667. The minimum atomic E-state index is 1.26. The van der Waals surface area contributed by atoms with Crippen LogP contribution in [-0.2, 0) is 6.42 Å². The monoisotopic (exact) mass is 195 g/mol. The number of hydrogen-bond donors (Lipinski definition) is 0. The topological polar surface area (TPSA) is 0 Å². The number of rotatable bonds is 7. The van der Waals surface area contributed by atoms with Gasteiger partial charge >= 0.3 is 0 Å². The molecule has 1 heteroatoms. The maximum Gasteiger partial charge on any atom is 0.0445 e. The molecule has 0 nitrogen and oxygen atoms in total. The van der Waals surface area contributed by atoms with Gasteiger partial charge in [-0.2, -0.15) is 0 Å². The predicted octanol–water partition coefficient (Wildman–Crippen LogP) is 4.45. The summed E-state index contributed by atoms with van der Waals surface area (Å²) < 4.78 is 0. The van der Waals surface area contributed by atoms with E-state index in [1.54, 1.807) is 11.3 Å². The third-order valence-corrected chi connectivity index (χ3v) is 3.16. The molecular formula is C12H19S. The zero-order valence-electron chi connectivity index (χ0n) is 8.51. The van der Waals surface area contributed by atoms with Gasteiger partial charge in [0.2, 0.25) is 0 Å². The molecule has 1 aromatic heterocycles. The van der Waals surface area contributed by atoms with E-state index in [9.17, 15) is 0 Å². The van der Waals surface area contributed by atoms with Gasteiger partial charge in [-0.1, -0.05) is 39.0 Å². The lowest BCUT2D eigenvalue weighted by Crippen LogP contribution is -1.82. The van der Waals surface area contributed by atoms with Crippen molar-refractivity contribution in [2.24, 2.45) is 0 Å². The second-order valence-corrected chi connectivity index (χ2v) is 4.50. The van der Waals surface area contributed by atoms with Gasteiger partial charge in [-0.25, -0.2) is 0 Å². The van der Waals surface area contributed by atoms with Gasteiger partial charge in [-0.05, 0) is 25.0 Å². The van der Waals surface area contributed by atoms with E-state index < -0.39 is 0 Å². The van der Waals surface area contributed by atoms with Crippen molar-refractivity contribution < 1.29 is 0 Å². The molecule has 0 aromatic carbocycles. The standard InChI is InChI=1S/C12H19S/c1-2-3-4-5-6-7-9-12-10-8-11-13-12/h8,10H,2-7,9H2,1H3. The van der Waals surface area contributed by atoms with Crippen molar-refractivity contribution in [2.45, 2.75) is 51.9 Å². The molecule has 0 amide bonds. The summed E-state index contributed by atoms with van der Waals surface area (Å²) >= 11 is 1.77. The van der Waals surface area contributed by atoms with Gasteiger partial charge in [0.25, 0.3) is 0 Å². The molecule has 0 fully saturated rings. The molecule has 0 N–H and O–H groups in total. The maximum atomic E-state index is 3.13. The molecule has 0 saturated heterocycles. The van der Waals surface area contributed by atoms with E-state index in [0.717, 1.165) is 0 Å². The summed E-state index contributed by atoms with van der Waals surface area (Å²) in [6.45, 7) is 2.27. The second kappa shape index (κ2) is 7.14. The number of unbranched alkanes of at least 4 members (excludes halogenated alkanes) is 5. The fourth-order valence-electron chi connectivity index (χ4n) is 1.48. The summed E-state index contributed by atoms with van der Waals surface area (Å²) in [5.74, 6) is 0. The molecule has 1 rings (SSSR count). The Labute approximate surface area is 86.0 Å². The zero-order chi connectivity index (χ0) is 9.36. The predicted molar refractivity (Wildman–Crippen MR) is 60.2 cm³/mol. The molecule has 0 saturated carbocycles. The summed E-state index contributed by atoms with van der Waals surface area (Å²) in [5, 5.41) is 3.13. The van der Waals surface area contributed by atoms with Crippen molar-refractivity contribution in [1.29, 1.82) is 0 Å². The molecule has 0 unspecified atom stereocenters. The van der Waals surface area contributed by atoms with E-state index in [2.05, 4.69) is 18.4 Å².